The third kappa shape index (κ3) is 4.37. The highest BCUT2D eigenvalue weighted by molar-refractivity contribution is 7.99. The maximum absolute atomic E-state index is 12.7. The highest BCUT2D eigenvalue weighted by Crippen LogP contribution is 2.35. The summed E-state index contributed by atoms with van der Waals surface area (Å²) >= 11 is 1.88. The Hall–Kier alpha value is -1.94. The molecule has 0 unspecified atom stereocenters. The molecule has 0 fully saturated rings. The lowest BCUT2D eigenvalue weighted by Gasteiger charge is -2.30. The Morgan fingerprint density at radius 2 is 2.00 bits per heavy atom. The summed E-state index contributed by atoms with van der Waals surface area (Å²) in [4.78, 5) is 16.4. The molecule has 1 atom stereocenters. The van der Waals surface area contributed by atoms with Gasteiger partial charge < -0.3 is 10.2 Å². The number of anilines is 1. The van der Waals surface area contributed by atoms with Crippen molar-refractivity contribution in [3.05, 3.63) is 59.7 Å². The predicted molar refractivity (Wildman–Crippen MR) is 107 cm³/mol. The fourth-order valence-corrected chi connectivity index (χ4v) is 4.24. The van der Waals surface area contributed by atoms with E-state index in [4.69, 9.17) is 0 Å². The first-order valence-electron chi connectivity index (χ1n) is 9.07. The van der Waals surface area contributed by atoms with Crippen molar-refractivity contribution in [2.75, 3.05) is 23.7 Å². The van der Waals surface area contributed by atoms with Gasteiger partial charge in [-0.1, -0.05) is 37.3 Å². The van der Waals surface area contributed by atoms with Crippen molar-refractivity contribution in [1.82, 2.24) is 5.32 Å². The van der Waals surface area contributed by atoms with E-state index in [-0.39, 0.29) is 11.9 Å². The summed E-state index contributed by atoms with van der Waals surface area (Å²) in [5.41, 5.74) is 3.21. The van der Waals surface area contributed by atoms with E-state index in [1.807, 2.05) is 36.0 Å². The first kappa shape index (κ1) is 17.9. The Balaban J connectivity index is 1.72. The van der Waals surface area contributed by atoms with Crippen molar-refractivity contribution in [1.29, 1.82) is 0 Å². The summed E-state index contributed by atoms with van der Waals surface area (Å²) in [5.74, 6) is 1.14. The van der Waals surface area contributed by atoms with Gasteiger partial charge in [-0.05, 0) is 43.5 Å². The zero-order valence-corrected chi connectivity index (χ0v) is 15.8. The molecule has 1 amide bonds. The van der Waals surface area contributed by atoms with Gasteiger partial charge in [-0.3, -0.25) is 4.79 Å². The quantitative estimate of drug-likeness (QED) is 0.836. The lowest BCUT2D eigenvalue weighted by atomic mass is 10.0. The van der Waals surface area contributed by atoms with Gasteiger partial charge in [-0.2, -0.15) is 0 Å². The van der Waals surface area contributed by atoms with E-state index in [2.05, 4.69) is 48.3 Å². The number of amides is 1. The second-order valence-corrected chi connectivity index (χ2v) is 7.52. The van der Waals surface area contributed by atoms with Crippen LogP contribution < -0.4 is 10.2 Å². The summed E-state index contributed by atoms with van der Waals surface area (Å²) in [6.07, 6.45) is 1.79. The second kappa shape index (κ2) is 8.43. The summed E-state index contributed by atoms with van der Waals surface area (Å²) < 4.78 is 0. The van der Waals surface area contributed by atoms with Gasteiger partial charge in [0.15, 0.2) is 0 Å². The van der Waals surface area contributed by atoms with E-state index in [1.165, 1.54) is 16.1 Å². The normalized spacial score (nSPS) is 14.7. The van der Waals surface area contributed by atoms with E-state index in [0.29, 0.717) is 0 Å². The highest BCUT2D eigenvalue weighted by Gasteiger charge is 2.19. The van der Waals surface area contributed by atoms with Crippen LogP contribution in [-0.2, 0) is 6.42 Å². The van der Waals surface area contributed by atoms with Crippen LogP contribution in [0, 0.1) is 0 Å². The van der Waals surface area contributed by atoms with Crippen LogP contribution in [0.3, 0.4) is 0 Å². The molecule has 1 aliphatic heterocycles. The first-order valence-corrected chi connectivity index (χ1v) is 10.1. The lowest BCUT2D eigenvalue weighted by Crippen LogP contribution is -2.36. The molecular formula is C21H26N2OS. The molecule has 25 heavy (non-hydrogen) atoms. The van der Waals surface area contributed by atoms with E-state index < -0.39 is 0 Å². The summed E-state index contributed by atoms with van der Waals surface area (Å²) in [7, 11) is 0. The SMILES string of the molecule is CC[C@@H](Cc1ccccc1)NC(=O)c1ccc2c(c1)N(CC)CCS2. The molecule has 2 aromatic rings. The number of nitrogens with one attached hydrogen (secondary N) is 1. The number of fused-ring (bicyclic) bond motifs is 1. The Labute approximate surface area is 154 Å². The standard InChI is InChI=1S/C21H26N2OS/c1-3-18(14-16-8-6-5-7-9-16)22-21(24)17-10-11-20-19(15-17)23(4-2)12-13-25-20/h5-11,15,18H,3-4,12-14H2,1-2H3,(H,22,24)/t18-/m0/s1. The number of benzene rings is 2. The van der Waals surface area contributed by atoms with Gasteiger partial charge in [0.2, 0.25) is 0 Å². The van der Waals surface area contributed by atoms with Crippen molar-refractivity contribution in [3.63, 3.8) is 0 Å². The van der Waals surface area contributed by atoms with Gasteiger partial charge in [-0.15, -0.1) is 11.8 Å². The molecule has 1 aliphatic rings. The van der Waals surface area contributed by atoms with E-state index >= 15 is 0 Å². The smallest absolute Gasteiger partial charge is 0.251 e. The number of rotatable bonds is 6. The number of carbonyl (C=O) groups excluding carboxylic acids is 1. The maximum atomic E-state index is 12.7. The molecule has 1 heterocycles. The molecule has 0 aliphatic carbocycles. The Morgan fingerprint density at radius 1 is 1.20 bits per heavy atom. The molecular weight excluding hydrogens is 328 g/mol. The molecule has 0 radical (unpaired) electrons. The Morgan fingerprint density at radius 3 is 2.72 bits per heavy atom. The molecule has 0 spiro atoms. The third-order valence-electron chi connectivity index (χ3n) is 4.72. The van der Waals surface area contributed by atoms with Crippen LogP contribution in [0.5, 0.6) is 0 Å². The fourth-order valence-electron chi connectivity index (χ4n) is 3.21. The summed E-state index contributed by atoms with van der Waals surface area (Å²) in [6.45, 7) is 6.31. The van der Waals surface area contributed by atoms with Crippen LogP contribution >= 0.6 is 11.8 Å². The zero-order chi connectivity index (χ0) is 17.6. The Bertz CT molecular complexity index is 717. The molecule has 132 valence electrons. The predicted octanol–water partition coefficient (Wildman–Crippen LogP) is 4.37. The van der Waals surface area contributed by atoms with Gasteiger partial charge in [0.25, 0.3) is 5.91 Å². The minimum absolute atomic E-state index is 0.0252. The number of thioether (sulfide) groups is 1. The second-order valence-electron chi connectivity index (χ2n) is 6.38. The number of carbonyl (C=O) groups is 1. The molecule has 0 saturated carbocycles. The zero-order valence-electron chi connectivity index (χ0n) is 15.0. The number of hydrogen-bond acceptors (Lipinski definition) is 3. The monoisotopic (exact) mass is 354 g/mol. The van der Waals surface area contributed by atoms with Crippen LogP contribution in [0.25, 0.3) is 0 Å². The summed E-state index contributed by atoms with van der Waals surface area (Å²) in [5, 5.41) is 3.21. The Kier molecular flexibility index (Phi) is 6.03. The molecule has 0 bridgehead atoms. The molecule has 3 rings (SSSR count). The van der Waals surface area contributed by atoms with Crippen LogP contribution in [0.4, 0.5) is 5.69 Å². The molecule has 0 saturated heterocycles. The van der Waals surface area contributed by atoms with Crippen molar-refractivity contribution < 1.29 is 4.79 Å². The van der Waals surface area contributed by atoms with E-state index in [1.54, 1.807) is 0 Å². The van der Waals surface area contributed by atoms with Crippen molar-refractivity contribution in [3.8, 4) is 0 Å². The molecule has 0 aromatic heterocycles. The molecule has 2 aromatic carbocycles. The van der Waals surface area contributed by atoms with Gasteiger partial charge in [0, 0.05) is 35.3 Å². The van der Waals surface area contributed by atoms with Gasteiger partial charge in [0.1, 0.15) is 0 Å². The van der Waals surface area contributed by atoms with Gasteiger partial charge >= 0.3 is 0 Å². The van der Waals surface area contributed by atoms with Crippen LogP contribution in [-0.4, -0.2) is 30.8 Å². The van der Waals surface area contributed by atoms with Gasteiger partial charge in [0.05, 0.1) is 5.69 Å². The minimum Gasteiger partial charge on any atom is -0.370 e. The maximum Gasteiger partial charge on any atom is 0.251 e. The largest absolute Gasteiger partial charge is 0.370 e. The van der Waals surface area contributed by atoms with Crippen LogP contribution in [0.2, 0.25) is 0 Å². The van der Waals surface area contributed by atoms with Crippen molar-refractivity contribution in [2.45, 2.75) is 37.6 Å². The van der Waals surface area contributed by atoms with E-state index in [9.17, 15) is 4.79 Å². The summed E-state index contributed by atoms with van der Waals surface area (Å²) in [6, 6.07) is 16.6. The average molecular weight is 355 g/mol. The van der Waals surface area contributed by atoms with Gasteiger partial charge in [-0.25, -0.2) is 0 Å². The number of nitrogens with zero attached hydrogens (tertiary/aromatic N) is 1. The molecule has 4 heteroatoms. The van der Waals surface area contributed by atoms with E-state index in [0.717, 1.165) is 37.2 Å². The first-order chi connectivity index (χ1) is 12.2. The highest BCUT2D eigenvalue weighted by atomic mass is 32.2. The topological polar surface area (TPSA) is 32.3 Å². The third-order valence-corrected chi connectivity index (χ3v) is 5.76. The van der Waals surface area contributed by atoms with Crippen molar-refractivity contribution >= 4 is 23.4 Å². The molecule has 1 N–H and O–H groups in total. The minimum atomic E-state index is 0.0252. The average Bonchev–Trinajstić information content (AvgIpc) is 2.67. The number of hydrogen-bond donors (Lipinski definition) is 1. The fraction of sp³-hybridized carbons (Fsp3) is 0.381. The lowest BCUT2D eigenvalue weighted by molar-refractivity contribution is 0.0935. The molecule has 3 nitrogen and oxygen atoms in total. The van der Waals surface area contributed by atoms with Crippen LogP contribution in [0.1, 0.15) is 36.2 Å². The van der Waals surface area contributed by atoms with Crippen LogP contribution in [0.15, 0.2) is 53.4 Å². The van der Waals surface area contributed by atoms with Crippen molar-refractivity contribution in [2.24, 2.45) is 0 Å².